The van der Waals surface area contributed by atoms with E-state index in [0.29, 0.717) is 17.0 Å². The Morgan fingerprint density at radius 3 is 1.27 bits per heavy atom. The van der Waals surface area contributed by atoms with Gasteiger partial charge in [-0.25, -0.2) is 29.3 Å². The van der Waals surface area contributed by atoms with Crippen LogP contribution in [0.4, 0.5) is 5.82 Å². The summed E-state index contributed by atoms with van der Waals surface area (Å²) in [7, 11) is 0. The molecule has 0 bridgehead atoms. The summed E-state index contributed by atoms with van der Waals surface area (Å²) in [6, 6.07) is 17.4. The lowest BCUT2D eigenvalue weighted by Gasteiger charge is -1.95. The highest BCUT2D eigenvalue weighted by atomic mass is 16.4. The van der Waals surface area contributed by atoms with E-state index >= 15 is 0 Å². The molecule has 14 nitrogen and oxygen atoms in total. The standard InChI is InChI=1S/3C7H6O3.C5H5N5/c3*8-6-4-2-1-3-5(6)7(9)10;6-4-3-5(9-1-7-3)10-2-8-4/h3*1-4,8H,(H,9,10);1-2H,(H3,6,7,8,9,10). The van der Waals surface area contributed by atoms with E-state index in [9.17, 15) is 14.4 Å². The number of phenols is 3. The number of imidazole rings is 1. The molecule has 0 saturated heterocycles. The van der Waals surface area contributed by atoms with Gasteiger partial charge < -0.3 is 41.4 Å². The second-order valence-corrected chi connectivity index (χ2v) is 7.33. The van der Waals surface area contributed by atoms with Crippen molar-refractivity contribution in [2.75, 3.05) is 5.73 Å². The van der Waals surface area contributed by atoms with Gasteiger partial charge in [0.15, 0.2) is 11.5 Å². The Hall–Kier alpha value is -6.18. The molecule has 0 fully saturated rings. The Morgan fingerprint density at radius 2 is 0.975 bits per heavy atom. The summed E-state index contributed by atoms with van der Waals surface area (Å²) in [4.78, 5) is 45.1. The minimum atomic E-state index is -1.11. The number of rotatable bonds is 3. The molecule has 0 aliphatic heterocycles. The van der Waals surface area contributed by atoms with Crippen molar-refractivity contribution in [2.24, 2.45) is 0 Å². The SMILES string of the molecule is Nc1ncnc2nc[nH]c12.O=C(O)c1ccccc1O.O=C(O)c1ccccc1O.O=C(O)c1ccccc1O. The maximum absolute atomic E-state index is 10.3. The van der Waals surface area contributed by atoms with Gasteiger partial charge in [-0.1, -0.05) is 36.4 Å². The molecule has 0 aliphatic rings. The van der Waals surface area contributed by atoms with E-state index in [1.54, 1.807) is 36.4 Å². The lowest BCUT2D eigenvalue weighted by atomic mass is 10.2. The van der Waals surface area contributed by atoms with Gasteiger partial charge in [0.2, 0.25) is 0 Å². The number of para-hydroxylation sites is 3. The van der Waals surface area contributed by atoms with Crippen LogP contribution < -0.4 is 5.73 Å². The lowest BCUT2D eigenvalue weighted by molar-refractivity contribution is 0.0682. The third-order valence-electron chi connectivity index (χ3n) is 4.66. The highest BCUT2D eigenvalue weighted by Crippen LogP contribution is 2.16. The second kappa shape index (κ2) is 14.5. The van der Waals surface area contributed by atoms with Gasteiger partial charge in [0, 0.05) is 0 Å². The maximum Gasteiger partial charge on any atom is 0.339 e. The molecule has 0 amide bonds. The fraction of sp³-hybridized carbons (Fsp3) is 0. The number of fused-ring (bicyclic) bond motifs is 1. The first-order valence-corrected chi connectivity index (χ1v) is 11.0. The number of nitrogen functional groups attached to an aromatic ring is 1. The Kier molecular flexibility index (Phi) is 10.9. The van der Waals surface area contributed by atoms with Crippen LogP contribution in [0.2, 0.25) is 0 Å². The molecule has 0 spiro atoms. The number of aromatic nitrogens is 4. The van der Waals surface area contributed by atoms with Crippen molar-refractivity contribution in [1.29, 1.82) is 0 Å². The number of aromatic carboxylic acids is 3. The number of benzene rings is 3. The zero-order valence-corrected chi connectivity index (χ0v) is 20.4. The molecule has 206 valence electrons. The first-order chi connectivity index (χ1) is 19.0. The smallest absolute Gasteiger partial charge is 0.339 e. The van der Waals surface area contributed by atoms with Gasteiger partial charge in [-0.15, -0.1) is 0 Å². The molecule has 0 atom stereocenters. The van der Waals surface area contributed by atoms with Crippen LogP contribution in [0.1, 0.15) is 31.1 Å². The number of hydrogen-bond acceptors (Lipinski definition) is 10. The van der Waals surface area contributed by atoms with E-state index < -0.39 is 17.9 Å². The first-order valence-electron chi connectivity index (χ1n) is 11.0. The largest absolute Gasteiger partial charge is 0.507 e. The quantitative estimate of drug-likeness (QED) is 0.161. The van der Waals surface area contributed by atoms with Crippen molar-refractivity contribution in [1.82, 2.24) is 19.9 Å². The maximum atomic E-state index is 10.3. The number of carboxylic acid groups (broad SMARTS) is 3. The van der Waals surface area contributed by atoms with Crippen LogP contribution in [0.25, 0.3) is 11.2 Å². The minimum absolute atomic E-state index is 0.0671. The van der Waals surface area contributed by atoms with Crippen molar-refractivity contribution in [3.63, 3.8) is 0 Å². The molecule has 2 aromatic heterocycles. The Bertz CT molecular complexity index is 1470. The number of carboxylic acids is 3. The van der Waals surface area contributed by atoms with Crippen LogP contribution in [0.15, 0.2) is 85.5 Å². The predicted molar refractivity (Wildman–Crippen MR) is 141 cm³/mol. The summed E-state index contributed by atoms with van der Waals surface area (Å²) in [6.07, 6.45) is 2.92. The van der Waals surface area contributed by atoms with E-state index in [1.807, 2.05) is 0 Å². The van der Waals surface area contributed by atoms with Crippen molar-refractivity contribution >= 4 is 34.9 Å². The molecule has 0 saturated carbocycles. The molecule has 14 heteroatoms. The number of H-pyrrole nitrogens is 1. The van der Waals surface area contributed by atoms with Crippen LogP contribution in [0.5, 0.6) is 17.2 Å². The average molecular weight is 549 g/mol. The number of nitrogens with one attached hydrogen (secondary N) is 1. The molecule has 5 rings (SSSR count). The Morgan fingerprint density at radius 1 is 0.600 bits per heavy atom. The van der Waals surface area contributed by atoms with Crippen LogP contribution in [0, 0.1) is 0 Å². The number of nitrogens with zero attached hydrogens (tertiary/aromatic N) is 3. The molecule has 0 unspecified atom stereocenters. The Labute approximate surface area is 225 Å². The molecule has 40 heavy (non-hydrogen) atoms. The molecule has 5 aromatic rings. The van der Waals surface area contributed by atoms with Gasteiger partial charge in [-0.3, -0.25) is 0 Å². The number of carbonyl (C=O) groups is 3. The third-order valence-corrected chi connectivity index (χ3v) is 4.66. The van der Waals surface area contributed by atoms with Crippen LogP contribution in [-0.4, -0.2) is 68.5 Å². The van der Waals surface area contributed by atoms with E-state index in [2.05, 4.69) is 19.9 Å². The van der Waals surface area contributed by atoms with Gasteiger partial charge in [0.05, 0.1) is 6.33 Å². The predicted octanol–water partition coefficient (Wildman–Crippen LogP) is 3.21. The minimum Gasteiger partial charge on any atom is -0.507 e. The van der Waals surface area contributed by atoms with Gasteiger partial charge in [-0.05, 0) is 36.4 Å². The summed E-state index contributed by atoms with van der Waals surface area (Å²) >= 11 is 0. The van der Waals surface area contributed by atoms with E-state index in [0.717, 1.165) is 0 Å². The van der Waals surface area contributed by atoms with Gasteiger partial charge in [0.1, 0.15) is 45.8 Å². The fourth-order valence-corrected chi connectivity index (χ4v) is 2.75. The summed E-state index contributed by atoms with van der Waals surface area (Å²) in [6.45, 7) is 0. The number of anilines is 1. The van der Waals surface area contributed by atoms with Gasteiger partial charge in [0.25, 0.3) is 0 Å². The molecule has 2 heterocycles. The zero-order valence-electron chi connectivity index (χ0n) is 20.4. The molecule has 3 aromatic carbocycles. The van der Waals surface area contributed by atoms with Crippen LogP contribution in [0.3, 0.4) is 0 Å². The molecule has 9 N–H and O–H groups in total. The van der Waals surface area contributed by atoms with Crippen molar-refractivity contribution in [2.45, 2.75) is 0 Å². The number of hydrogen-bond donors (Lipinski definition) is 8. The fourth-order valence-electron chi connectivity index (χ4n) is 2.75. The molecular formula is C26H23N5O9. The highest BCUT2D eigenvalue weighted by Gasteiger charge is 2.07. The zero-order chi connectivity index (χ0) is 29.7. The van der Waals surface area contributed by atoms with Crippen LogP contribution >= 0.6 is 0 Å². The third kappa shape index (κ3) is 8.74. The average Bonchev–Trinajstić information content (AvgIpc) is 3.41. The summed E-state index contributed by atoms with van der Waals surface area (Å²) in [5.41, 5.74) is 6.58. The van der Waals surface area contributed by atoms with Gasteiger partial charge in [-0.2, -0.15) is 0 Å². The molecular weight excluding hydrogens is 526 g/mol. The number of aromatic hydroxyl groups is 3. The van der Waals surface area contributed by atoms with Crippen molar-refractivity contribution in [3.05, 3.63) is 102 Å². The van der Waals surface area contributed by atoms with Crippen molar-refractivity contribution < 1.29 is 45.0 Å². The van der Waals surface area contributed by atoms with E-state index in [-0.39, 0.29) is 33.9 Å². The van der Waals surface area contributed by atoms with E-state index in [4.69, 9.17) is 36.4 Å². The molecule has 0 radical (unpaired) electrons. The van der Waals surface area contributed by atoms with Crippen LogP contribution in [-0.2, 0) is 0 Å². The van der Waals surface area contributed by atoms with Gasteiger partial charge >= 0.3 is 17.9 Å². The summed E-state index contributed by atoms with van der Waals surface area (Å²) < 4.78 is 0. The lowest BCUT2D eigenvalue weighted by Crippen LogP contribution is -1.95. The normalized spacial score (nSPS) is 9.50. The monoisotopic (exact) mass is 549 g/mol. The number of aromatic amines is 1. The highest BCUT2D eigenvalue weighted by molar-refractivity contribution is 5.91. The summed E-state index contributed by atoms with van der Waals surface area (Å²) in [5, 5.41) is 51.9. The van der Waals surface area contributed by atoms with E-state index in [1.165, 1.54) is 49.1 Å². The van der Waals surface area contributed by atoms with Crippen molar-refractivity contribution in [3.8, 4) is 17.2 Å². The topological polar surface area (TPSA) is 253 Å². The number of nitrogens with two attached hydrogens (primary N) is 1. The first kappa shape index (κ1) is 30.0. The molecule has 0 aliphatic carbocycles. The Balaban J connectivity index is 0.000000187. The second-order valence-electron chi connectivity index (χ2n) is 7.33. The summed E-state index contributed by atoms with van der Waals surface area (Å²) in [5.74, 6) is -3.50.